The molecule has 0 bridgehead atoms. The zero-order valence-electron chi connectivity index (χ0n) is 14.9. The van der Waals surface area contributed by atoms with Gasteiger partial charge in [-0.1, -0.05) is 60.7 Å². The summed E-state index contributed by atoms with van der Waals surface area (Å²) in [5, 5.41) is 0. The van der Waals surface area contributed by atoms with Gasteiger partial charge in [0.15, 0.2) is 17.8 Å². The Bertz CT molecular complexity index is 895. The predicted octanol–water partition coefficient (Wildman–Crippen LogP) is 5.43. The number of halogens is 1. The van der Waals surface area contributed by atoms with Gasteiger partial charge in [0.1, 0.15) is 13.2 Å². The van der Waals surface area contributed by atoms with Gasteiger partial charge in [-0.15, -0.1) is 0 Å². The molecule has 0 atom stereocenters. The molecule has 5 heteroatoms. The van der Waals surface area contributed by atoms with Crippen LogP contribution in [0.1, 0.15) is 21.5 Å². The fraction of sp³-hybridized carbons (Fsp3) is 0.136. The second kappa shape index (κ2) is 9.24. The van der Waals surface area contributed by atoms with Crippen molar-refractivity contribution in [2.45, 2.75) is 13.2 Å². The van der Waals surface area contributed by atoms with E-state index in [0.717, 1.165) is 17.4 Å². The third kappa shape index (κ3) is 4.68. The first-order valence-corrected chi connectivity index (χ1v) is 9.21. The second-order valence-corrected chi connectivity index (χ2v) is 6.60. The maximum atomic E-state index is 11.5. The number of carbonyl (C=O) groups excluding carboxylic acids is 1. The summed E-state index contributed by atoms with van der Waals surface area (Å²) in [6, 6.07) is 21.2. The minimum atomic E-state index is 0.343. The third-order valence-electron chi connectivity index (χ3n) is 3.96. The molecule has 0 spiro atoms. The summed E-state index contributed by atoms with van der Waals surface area (Å²) in [5.41, 5.74) is 2.46. The van der Waals surface area contributed by atoms with Crippen LogP contribution in [0.3, 0.4) is 0 Å². The molecule has 27 heavy (non-hydrogen) atoms. The zero-order chi connectivity index (χ0) is 19.1. The van der Waals surface area contributed by atoms with E-state index >= 15 is 0 Å². The molecule has 3 rings (SSSR count). The first-order valence-electron chi connectivity index (χ1n) is 8.42. The number of hydrogen-bond acceptors (Lipinski definition) is 4. The average molecular weight is 427 g/mol. The number of methoxy groups -OCH3 is 1. The minimum absolute atomic E-state index is 0.343. The van der Waals surface area contributed by atoms with Crippen molar-refractivity contribution in [3.05, 3.63) is 87.9 Å². The van der Waals surface area contributed by atoms with Gasteiger partial charge in [-0.25, -0.2) is 0 Å². The molecule has 0 N–H and O–H groups in total. The Balaban J connectivity index is 1.89. The molecular weight excluding hydrogens is 408 g/mol. The number of benzene rings is 3. The molecule has 138 valence electrons. The summed E-state index contributed by atoms with van der Waals surface area (Å²) in [4.78, 5) is 11.5. The SMILES string of the molecule is COc1c(OCc2ccccc2)cc(C=O)c(Br)c1OCc1ccccc1. The molecule has 3 aromatic carbocycles. The Kier molecular flexibility index (Phi) is 6.49. The first-order chi connectivity index (χ1) is 13.2. The van der Waals surface area contributed by atoms with Gasteiger partial charge in [-0.3, -0.25) is 4.79 Å². The topological polar surface area (TPSA) is 44.8 Å². The first kappa shape index (κ1) is 19.0. The van der Waals surface area contributed by atoms with Crippen LogP contribution in [-0.4, -0.2) is 13.4 Å². The van der Waals surface area contributed by atoms with Crippen LogP contribution < -0.4 is 14.2 Å². The van der Waals surface area contributed by atoms with Crippen molar-refractivity contribution in [2.24, 2.45) is 0 Å². The Morgan fingerprint density at radius 1 is 0.852 bits per heavy atom. The maximum Gasteiger partial charge on any atom is 0.204 e. The molecule has 0 saturated heterocycles. The Morgan fingerprint density at radius 3 is 1.93 bits per heavy atom. The van der Waals surface area contributed by atoms with Crippen LogP contribution in [-0.2, 0) is 13.2 Å². The van der Waals surface area contributed by atoms with Gasteiger partial charge in [-0.2, -0.15) is 0 Å². The fourth-order valence-corrected chi connectivity index (χ4v) is 3.10. The molecule has 0 unspecified atom stereocenters. The van der Waals surface area contributed by atoms with Crippen molar-refractivity contribution in [1.82, 2.24) is 0 Å². The monoisotopic (exact) mass is 426 g/mol. The van der Waals surface area contributed by atoms with Crippen molar-refractivity contribution in [1.29, 1.82) is 0 Å². The van der Waals surface area contributed by atoms with Gasteiger partial charge < -0.3 is 14.2 Å². The van der Waals surface area contributed by atoms with Gasteiger partial charge in [0.25, 0.3) is 0 Å². The number of ether oxygens (including phenoxy) is 3. The summed E-state index contributed by atoms with van der Waals surface area (Å²) in [5.74, 6) is 1.34. The van der Waals surface area contributed by atoms with Crippen molar-refractivity contribution in [3.8, 4) is 17.2 Å². The number of hydrogen-bond donors (Lipinski definition) is 0. The van der Waals surface area contributed by atoms with E-state index in [2.05, 4.69) is 15.9 Å². The predicted molar refractivity (Wildman–Crippen MR) is 108 cm³/mol. The van der Waals surface area contributed by atoms with Gasteiger partial charge in [0, 0.05) is 5.56 Å². The van der Waals surface area contributed by atoms with Gasteiger partial charge in [-0.05, 0) is 33.1 Å². The minimum Gasteiger partial charge on any atom is -0.490 e. The van der Waals surface area contributed by atoms with Crippen LogP contribution in [0.5, 0.6) is 17.2 Å². The maximum absolute atomic E-state index is 11.5. The average Bonchev–Trinajstić information content (AvgIpc) is 2.73. The Labute approximate surface area is 166 Å². The highest BCUT2D eigenvalue weighted by Gasteiger charge is 2.20. The smallest absolute Gasteiger partial charge is 0.204 e. The summed E-state index contributed by atoms with van der Waals surface area (Å²) >= 11 is 3.45. The Hall–Kier alpha value is -2.79. The molecule has 0 aliphatic heterocycles. The molecule has 0 aliphatic rings. The molecule has 4 nitrogen and oxygen atoms in total. The van der Waals surface area contributed by atoms with E-state index in [4.69, 9.17) is 14.2 Å². The molecule has 0 amide bonds. The summed E-state index contributed by atoms with van der Waals surface area (Å²) in [6.45, 7) is 0.700. The van der Waals surface area contributed by atoms with E-state index in [-0.39, 0.29) is 0 Å². The molecule has 0 aliphatic carbocycles. The molecule has 0 radical (unpaired) electrons. The lowest BCUT2D eigenvalue weighted by Crippen LogP contribution is -2.04. The van der Waals surface area contributed by atoms with Gasteiger partial charge >= 0.3 is 0 Å². The van der Waals surface area contributed by atoms with Crippen LogP contribution in [0.25, 0.3) is 0 Å². The van der Waals surface area contributed by atoms with Crippen LogP contribution in [0.4, 0.5) is 0 Å². The highest BCUT2D eigenvalue weighted by atomic mass is 79.9. The fourth-order valence-electron chi connectivity index (χ4n) is 2.59. The van der Waals surface area contributed by atoms with E-state index in [1.807, 2.05) is 60.7 Å². The van der Waals surface area contributed by atoms with Crippen molar-refractivity contribution < 1.29 is 19.0 Å². The van der Waals surface area contributed by atoms with Crippen molar-refractivity contribution in [2.75, 3.05) is 7.11 Å². The normalized spacial score (nSPS) is 10.3. The van der Waals surface area contributed by atoms with Crippen molar-refractivity contribution >= 4 is 22.2 Å². The lowest BCUT2D eigenvalue weighted by molar-refractivity contribution is 0.112. The highest BCUT2D eigenvalue weighted by Crippen LogP contribution is 2.45. The molecule has 3 aromatic rings. The van der Waals surface area contributed by atoms with Gasteiger partial charge in [0.2, 0.25) is 5.75 Å². The van der Waals surface area contributed by atoms with E-state index in [9.17, 15) is 4.79 Å². The zero-order valence-corrected chi connectivity index (χ0v) is 16.4. The third-order valence-corrected chi connectivity index (χ3v) is 4.78. The van der Waals surface area contributed by atoms with Crippen LogP contribution in [0.2, 0.25) is 0 Å². The number of carbonyl (C=O) groups is 1. The molecular formula is C22H19BrO4. The quantitative estimate of drug-likeness (QED) is 0.450. The van der Waals surface area contributed by atoms with Crippen LogP contribution >= 0.6 is 15.9 Å². The second-order valence-electron chi connectivity index (χ2n) is 5.81. The number of aldehydes is 1. The van der Waals surface area contributed by atoms with Crippen LogP contribution in [0.15, 0.2) is 71.2 Å². The largest absolute Gasteiger partial charge is 0.490 e. The summed E-state index contributed by atoms with van der Waals surface area (Å²) in [6.07, 6.45) is 0.758. The lowest BCUT2D eigenvalue weighted by atomic mass is 10.2. The highest BCUT2D eigenvalue weighted by molar-refractivity contribution is 9.10. The lowest BCUT2D eigenvalue weighted by Gasteiger charge is -2.18. The Morgan fingerprint density at radius 2 is 1.41 bits per heavy atom. The van der Waals surface area contributed by atoms with E-state index < -0.39 is 0 Å². The summed E-state index contributed by atoms with van der Waals surface area (Å²) < 4.78 is 18.0. The van der Waals surface area contributed by atoms with Crippen molar-refractivity contribution in [3.63, 3.8) is 0 Å². The standard InChI is InChI=1S/C22H19BrO4/c1-25-21-19(26-14-16-8-4-2-5-9-16)12-18(13-24)20(23)22(21)27-15-17-10-6-3-7-11-17/h2-13H,14-15H2,1H3. The molecule has 0 heterocycles. The molecule has 0 fully saturated rings. The molecule has 0 aromatic heterocycles. The van der Waals surface area contributed by atoms with Gasteiger partial charge in [0.05, 0.1) is 11.6 Å². The summed E-state index contributed by atoms with van der Waals surface area (Å²) in [7, 11) is 1.55. The van der Waals surface area contributed by atoms with E-state index in [1.165, 1.54) is 0 Å². The van der Waals surface area contributed by atoms with E-state index in [0.29, 0.717) is 40.5 Å². The van der Waals surface area contributed by atoms with Crippen LogP contribution in [0, 0.1) is 0 Å². The molecule has 0 saturated carbocycles. The number of rotatable bonds is 8. The van der Waals surface area contributed by atoms with E-state index in [1.54, 1.807) is 13.2 Å².